The quantitative estimate of drug-likeness (QED) is 0.310. The van der Waals surface area contributed by atoms with Gasteiger partial charge in [0.2, 0.25) is 0 Å². The number of hydrogen-bond donors (Lipinski definition) is 1. The standard InChI is InChI=1S/C30H35NS/c1-25(24-28-16-10-6-11-17-28)26(2)31-29(21-20-27-14-8-5-9-15-27)22-23-32(3,4)30-18-12-7-13-19-30/h5-19,22-23,25,29,31H,2-4,20-21,24H2,1H3/b23-22+. The zero-order valence-electron chi connectivity index (χ0n) is 19.1. The Kier molecular flexibility index (Phi) is 8.58. The summed E-state index contributed by atoms with van der Waals surface area (Å²) in [6.07, 6.45) is 5.23. The molecule has 2 heteroatoms. The molecular weight excluding hydrogens is 406 g/mol. The largest absolute Gasteiger partial charge is 0.382 e. The van der Waals surface area contributed by atoms with Crippen molar-refractivity contribution in [2.24, 2.45) is 5.92 Å². The Morgan fingerprint density at radius 3 is 1.97 bits per heavy atom. The van der Waals surface area contributed by atoms with E-state index in [1.54, 1.807) is 0 Å². The van der Waals surface area contributed by atoms with Gasteiger partial charge in [-0.25, -0.2) is 0 Å². The number of aryl methyl sites for hydroxylation is 1. The topological polar surface area (TPSA) is 12.0 Å². The number of benzene rings is 3. The second kappa shape index (κ2) is 11.6. The molecule has 0 radical (unpaired) electrons. The molecule has 0 saturated heterocycles. The maximum Gasteiger partial charge on any atom is 0.0452 e. The normalized spacial score (nSPS) is 13.5. The minimum Gasteiger partial charge on any atom is -0.382 e. The zero-order valence-corrected chi connectivity index (χ0v) is 19.9. The van der Waals surface area contributed by atoms with Crippen LogP contribution in [0.15, 0.2) is 120 Å². The van der Waals surface area contributed by atoms with Crippen molar-refractivity contribution in [3.63, 3.8) is 0 Å². The van der Waals surface area contributed by atoms with Gasteiger partial charge >= 0.3 is 0 Å². The minimum absolute atomic E-state index is 0.181. The van der Waals surface area contributed by atoms with E-state index in [0.717, 1.165) is 25.0 Å². The second-order valence-electron chi connectivity index (χ2n) is 8.48. The van der Waals surface area contributed by atoms with Gasteiger partial charge in [-0.2, -0.15) is 9.21 Å². The Morgan fingerprint density at radius 2 is 1.38 bits per heavy atom. The first-order valence-electron chi connectivity index (χ1n) is 11.2. The summed E-state index contributed by atoms with van der Waals surface area (Å²) in [7, 11) is -1.49. The van der Waals surface area contributed by atoms with Crippen molar-refractivity contribution in [2.75, 3.05) is 0 Å². The van der Waals surface area contributed by atoms with Crippen molar-refractivity contribution in [3.05, 3.63) is 126 Å². The molecule has 2 atom stereocenters. The molecule has 0 heterocycles. The molecule has 3 aromatic carbocycles. The smallest absolute Gasteiger partial charge is 0.0452 e. The van der Waals surface area contributed by atoms with E-state index < -0.39 is 9.21 Å². The molecule has 0 aliphatic heterocycles. The predicted molar refractivity (Wildman–Crippen MR) is 146 cm³/mol. The highest BCUT2D eigenvalue weighted by Crippen LogP contribution is 2.33. The zero-order chi connectivity index (χ0) is 22.8. The van der Waals surface area contributed by atoms with Crippen LogP contribution in [0.3, 0.4) is 0 Å². The molecule has 0 aromatic heterocycles. The van der Waals surface area contributed by atoms with Crippen molar-refractivity contribution >= 4 is 20.9 Å². The molecule has 0 bridgehead atoms. The lowest BCUT2D eigenvalue weighted by Gasteiger charge is -2.23. The van der Waals surface area contributed by atoms with Gasteiger partial charge in [0, 0.05) is 11.7 Å². The summed E-state index contributed by atoms with van der Waals surface area (Å²) in [6, 6.07) is 31.8. The van der Waals surface area contributed by atoms with Crippen molar-refractivity contribution in [2.45, 2.75) is 37.1 Å². The van der Waals surface area contributed by atoms with Crippen molar-refractivity contribution < 1.29 is 0 Å². The van der Waals surface area contributed by atoms with Crippen LogP contribution in [0, 0.1) is 5.92 Å². The molecule has 32 heavy (non-hydrogen) atoms. The average molecular weight is 442 g/mol. The van der Waals surface area contributed by atoms with E-state index >= 15 is 0 Å². The number of allylic oxidation sites excluding steroid dienone is 1. The van der Waals surface area contributed by atoms with E-state index in [2.05, 4.69) is 127 Å². The third kappa shape index (κ3) is 7.32. The van der Waals surface area contributed by atoms with Gasteiger partial charge in [-0.3, -0.25) is 0 Å². The summed E-state index contributed by atoms with van der Waals surface area (Å²) in [5.41, 5.74) is 3.76. The van der Waals surface area contributed by atoms with E-state index in [-0.39, 0.29) is 6.04 Å². The molecular formula is C30H35NS. The van der Waals surface area contributed by atoms with Crippen LogP contribution in [0.5, 0.6) is 0 Å². The minimum atomic E-state index is -1.49. The highest BCUT2D eigenvalue weighted by Gasteiger charge is 2.13. The van der Waals surface area contributed by atoms with Crippen LogP contribution in [-0.2, 0) is 12.8 Å². The maximum atomic E-state index is 4.44. The third-order valence-corrected chi connectivity index (χ3v) is 7.61. The van der Waals surface area contributed by atoms with Crippen LogP contribution >= 0.6 is 9.21 Å². The Bertz CT molecular complexity index is 1100. The second-order valence-corrected chi connectivity index (χ2v) is 11.1. The highest BCUT2D eigenvalue weighted by atomic mass is 32.2. The third-order valence-electron chi connectivity index (χ3n) is 5.72. The summed E-state index contributed by atoms with van der Waals surface area (Å²) in [4.78, 5) is 1.19. The number of rotatable bonds is 11. The fourth-order valence-corrected chi connectivity index (χ4v) is 5.02. The SMILES string of the molecule is C=C(NC(/C=C/S(=C)(=C)c1ccccc1)CCc1ccccc1)C(C)Cc1ccccc1. The van der Waals surface area contributed by atoms with E-state index in [9.17, 15) is 0 Å². The number of hydrogen-bond acceptors (Lipinski definition) is 1. The van der Waals surface area contributed by atoms with Crippen LogP contribution in [0.1, 0.15) is 24.5 Å². The summed E-state index contributed by atoms with van der Waals surface area (Å²) in [5, 5.41) is 5.92. The van der Waals surface area contributed by atoms with Crippen LogP contribution in [0.25, 0.3) is 0 Å². The molecule has 0 aliphatic carbocycles. The van der Waals surface area contributed by atoms with Crippen molar-refractivity contribution in [1.29, 1.82) is 0 Å². The van der Waals surface area contributed by atoms with Gasteiger partial charge in [0.15, 0.2) is 0 Å². The van der Waals surface area contributed by atoms with Gasteiger partial charge in [0.25, 0.3) is 0 Å². The lowest BCUT2D eigenvalue weighted by atomic mass is 9.97. The van der Waals surface area contributed by atoms with Crippen LogP contribution < -0.4 is 5.32 Å². The molecule has 2 unspecified atom stereocenters. The van der Waals surface area contributed by atoms with Gasteiger partial charge < -0.3 is 5.32 Å². The molecule has 0 amide bonds. The molecule has 3 aromatic rings. The first-order chi connectivity index (χ1) is 15.4. The van der Waals surface area contributed by atoms with Crippen molar-refractivity contribution in [3.8, 4) is 0 Å². The summed E-state index contributed by atoms with van der Waals surface area (Å²) in [6.45, 7) is 6.62. The summed E-state index contributed by atoms with van der Waals surface area (Å²) < 4.78 is 0. The lowest BCUT2D eigenvalue weighted by molar-refractivity contribution is 0.542. The Balaban J connectivity index is 1.71. The molecule has 166 valence electrons. The molecule has 3 rings (SSSR count). The van der Waals surface area contributed by atoms with E-state index in [0.29, 0.717) is 5.92 Å². The maximum absolute atomic E-state index is 4.44. The fourth-order valence-electron chi connectivity index (χ4n) is 3.67. The monoisotopic (exact) mass is 441 g/mol. The van der Waals surface area contributed by atoms with Crippen LogP contribution in [0.2, 0.25) is 0 Å². The first-order valence-corrected chi connectivity index (χ1v) is 13.2. The van der Waals surface area contributed by atoms with Crippen LogP contribution in [0.4, 0.5) is 0 Å². The molecule has 1 N–H and O–H groups in total. The Labute approximate surface area is 195 Å². The average Bonchev–Trinajstić information content (AvgIpc) is 2.82. The first kappa shape index (κ1) is 23.7. The van der Waals surface area contributed by atoms with Gasteiger partial charge in [-0.05, 0) is 58.7 Å². The van der Waals surface area contributed by atoms with Crippen molar-refractivity contribution in [1.82, 2.24) is 5.32 Å². The van der Waals surface area contributed by atoms with Gasteiger partial charge in [-0.15, -0.1) is 0 Å². The van der Waals surface area contributed by atoms with Crippen LogP contribution in [-0.4, -0.2) is 17.8 Å². The fraction of sp³-hybridized carbons (Fsp3) is 0.200. The lowest BCUT2D eigenvalue weighted by Crippen LogP contribution is -2.30. The molecule has 1 nitrogen and oxygen atoms in total. The summed E-state index contributed by atoms with van der Waals surface area (Å²) >= 11 is 0. The Morgan fingerprint density at radius 1 is 0.844 bits per heavy atom. The van der Waals surface area contributed by atoms with E-state index in [1.807, 2.05) is 6.07 Å². The number of nitrogens with one attached hydrogen (secondary N) is 1. The molecule has 0 aliphatic rings. The van der Waals surface area contributed by atoms with Gasteiger partial charge in [0.05, 0.1) is 0 Å². The molecule has 0 spiro atoms. The van der Waals surface area contributed by atoms with Gasteiger partial charge in [0.1, 0.15) is 0 Å². The summed E-state index contributed by atoms with van der Waals surface area (Å²) in [5.74, 6) is 9.21. The van der Waals surface area contributed by atoms with E-state index in [4.69, 9.17) is 0 Å². The Hall–Kier alpha value is -2.97. The van der Waals surface area contributed by atoms with Gasteiger partial charge in [-0.1, -0.05) is 110 Å². The highest BCUT2D eigenvalue weighted by molar-refractivity contribution is 8.30. The van der Waals surface area contributed by atoms with E-state index in [1.165, 1.54) is 16.0 Å². The molecule has 0 fully saturated rings. The molecule has 0 saturated carbocycles. The predicted octanol–water partition coefficient (Wildman–Crippen LogP) is 7.21.